The van der Waals surface area contributed by atoms with Gasteiger partial charge in [0.05, 0.1) is 30.8 Å². The van der Waals surface area contributed by atoms with Gasteiger partial charge in [-0.3, -0.25) is 14.5 Å². The van der Waals surface area contributed by atoms with Crippen LogP contribution in [0.5, 0.6) is 0 Å². The van der Waals surface area contributed by atoms with Crippen LogP contribution in [0.1, 0.15) is 23.3 Å². The van der Waals surface area contributed by atoms with E-state index in [0.29, 0.717) is 48.9 Å². The van der Waals surface area contributed by atoms with Crippen molar-refractivity contribution in [1.82, 2.24) is 19.3 Å². The van der Waals surface area contributed by atoms with Crippen LogP contribution in [0.15, 0.2) is 35.4 Å². The largest absolute Gasteiger partial charge is 0.435 e. The first-order valence-electron chi connectivity index (χ1n) is 10.6. The summed E-state index contributed by atoms with van der Waals surface area (Å²) >= 11 is 0. The van der Waals surface area contributed by atoms with E-state index in [9.17, 15) is 23.1 Å². The van der Waals surface area contributed by atoms with Gasteiger partial charge in [-0.2, -0.15) is 18.3 Å². The summed E-state index contributed by atoms with van der Waals surface area (Å²) in [5.74, 6) is 0. The lowest BCUT2D eigenvalue weighted by molar-refractivity contribution is -0.141. The molecule has 12 heteroatoms. The van der Waals surface area contributed by atoms with Crippen molar-refractivity contribution in [3.63, 3.8) is 0 Å². The van der Waals surface area contributed by atoms with Crippen molar-refractivity contribution in [2.24, 2.45) is 14.1 Å². The zero-order valence-corrected chi connectivity index (χ0v) is 18.9. The van der Waals surface area contributed by atoms with Crippen LogP contribution in [0.25, 0.3) is 11.1 Å². The Hall–Kier alpha value is -3.38. The molecular weight excluding hydrogens is 453 g/mol. The maximum atomic E-state index is 13.0. The van der Waals surface area contributed by atoms with Crippen molar-refractivity contribution < 1.29 is 23.0 Å². The maximum Gasteiger partial charge on any atom is 0.435 e. The van der Waals surface area contributed by atoms with Crippen LogP contribution in [0.4, 0.5) is 24.5 Å². The minimum absolute atomic E-state index is 0.0499. The molecule has 3 aromatic heterocycles. The Balaban J connectivity index is 1.65. The molecule has 1 aliphatic rings. The second-order valence-corrected chi connectivity index (χ2v) is 8.11. The minimum atomic E-state index is -4.62. The Morgan fingerprint density at radius 2 is 1.88 bits per heavy atom. The van der Waals surface area contributed by atoms with E-state index in [4.69, 9.17) is 4.74 Å². The number of rotatable bonds is 5. The standard InChI is InChI=1S/C22H25F3N6O3/c1-13-16(14-8-18(21(33)29(2)12-14)31-4-6-34-7-5-31)9-15(11-26-13)27-20(32)17-10-19(22(23,24)25)28-30(17)3/h8-12,20,27,32H,4-7H2,1-3H3. The number of nitrogens with zero attached hydrogens (tertiary/aromatic N) is 5. The number of hydrogen-bond acceptors (Lipinski definition) is 7. The molecule has 0 radical (unpaired) electrons. The van der Waals surface area contributed by atoms with Crippen LogP contribution in [0.3, 0.4) is 0 Å². The number of aliphatic hydroxyl groups excluding tert-OH is 1. The average Bonchev–Trinajstić information content (AvgIpc) is 3.20. The summed E-state index contributed by atoms with van der Waals surface area (Å²) in [6, 6.07) is 4.33. The molecule has 0 aromatic carbocycles. The molecule has 182 valence electrons. The van der Waals surface area contributed by atoms with E-state index < -0.39 is 18.1 Å². The highest BCUT2D eigenvalue weighted by Crippen LogP contribution is 2.31. The molecule has 1 unspecified atom stereocenters. The van der Waals surface area contributed by atoms with Gasteiger partial charge in [0.15, 0.2) is 11.9 Å². The molecule has 0 bridgehead atoms. The van der Waals surface area contributed by atoms with Crippen LogP contribution < -0.4 is 15.8 Å². The number of nitrogens with one attached hydrogen (secondary N) is 1. The first-order valence-corrected chi connectivity index (χ1v) is 10.6. The van der Waals surface area contributed by atoms with E-state index in [1.54, 1.807) is 25.4 Å². The summed E-state index contributed by atoms with van der Waals surface area (Å²) in [6.45, 7) is 4.10. The highest BCUT2D eigenvalue weighted by molar-refractivity contribution is 5.72. The molecular formula is C22H25F3N6O3. The summed E-state index contributed by atoms with van der Waals surface area (Å²) in [5.41, 5.74) is 1.82. The number of aliphatic hydroxyl groups is 1. The van der Waals surface area contributed by atoms with Gasteiger partial charge in [-0.15, -0.1) is 0 Å². The monoisotopic (exact) mass is 478 g/mol. The summed E-state index contributed by atoms with van der Waals surface area (Å²) in [4.78, 5) is 19.1. The molecule has 4 rings (SSSR count). The minimum Gasteiger partial charge on any atom is -0.378 e. The maximum absolute atomic E-state index is 13.0. The van der Waals surface area contributed by atoms with Crippen LogP contribution in [0, 0.1) is 6.92 Å². The SMILES string of the molecule is Cc1ncc(NC(O)c2cc(C(F)(F)F)nn2C)cc1-c1cc(N2CCOCC2)c(=O)n(C)c1. The Morgan fingerprint density at radius 3 is 2.53 bits per heavy atom. The third kappa shape index (κ3) is 4.77. The van der Waals surface area contributed by atoms with E-state index in [1.807, 2.05) is 11.8 Å². The van der Waals surface area contributed by atoms with Gasteiger partial charge in [0.2, 0.25) is 0 Å². The molecule has 2 N–H and O–H groups in total. The normalized spacial score (nSPS) is 15.4. The van der Waals surface area contributed by atoms with E-state index in [0.717, 1.165) is 16.3 Å². The van der Waals surface area contributed by atoms with Crippen molar-refractivity contribution in [1.29, 1.82) is 0 Å². The molecule has 1 atom stereocenters. The predicted octanol–water partition coefficient (Wildman–Crippen LogP) is 2.45. The lowest BCUT2D eigenvalue weighted by Crippen LogP contribution is -2.40. The lowest BCUT2D eigenvalue weighted by Gasteiger charge is -2.28. The second kappa shape index (κ2) is 9.11. The molecule has 0 aliphatic carbocycles. The van der Waals surface area contributed by atoms with Gasteiger partial charge in [0.1, 0.15) is 5.69 Å². The van der Waals surface area contributed by atoms with Gasteiger partial charge < -0.3 is 24.6 Å². The van der Waals surface area contributed by atoms with Gasteiger partial charge in [-0.05, 0) is 25.1 Å². The molecule has 4 heterocycles. The van der Waals surface area contributed by atoms with Gasteiger partial charge >= 0.3 is 6.18 Å². The Morgan fingerprint density at radius 1 is 1.18 bits per heavy atom. The number of anilines is 2. The third-order valence-electron chi connectivity index (χ3n) is 5.70. The fraction of sp³-hybridized carbons (Fsp3) is 0.409. The van der Waals surface area contributed by atoms with Crippen LogP contribution in [0.2, 0.25) is 0 Å². The van der Waals surface area contributed by atoms with Gasteiger partial charge in [0.25, 0.3) is 5.56 Å². The number of aryl methyl sites for hydroxylation is 3. The highest BCUT2D eigenvalue weighted by Gasteiger charge is 2.35. The van der Waals surface area contributed by atoms with E-state index in [2.05, 4.69) is 15.4 Å². The summed E-state index contributed by atoms with van der Waals surface area (Å²) < 4.78 is 46.7. The molecule has 1 aliphatic heterocycles. The molecule has 0 saturated carbocycles. The Bertz CT molecular complexity index is 1250. The van der Waals surface area contributed by atoms with Crippen molar-refractivity contribution in [2.45, 2.75) is 19.3 Å². The molecule has 1 saturated heterocycles. The number of alkyl halides is 3. The molecule has 9 nitrogen and oxygen atoms in total. The van der Waals surface area contributed by atoms with E-state index >= 15 is 0 Å². The summed E-state index contributed by atoms with van der Waals surface area (Å²) in [7, 11) is 3.00. The number of halogens is 3. The van der Waals surface area contributed by atoms with Crippen LogP contribution >= 0.6 is 0 Å². The first-order chi connectivity index (χ1) is 16.0. The van der Waals surface area contributed by atoms with Gasteiger partial charge in [-0.1, -0.05) is 0 Å². The zero-order chi connectivity index (χ0) is 24.6. The second-order valence-electron chi connectivity index (χ2n) is 8.11. The Kier molecular flexibility index (Phi) is 6.36. The van der Waals surface area contributed by atoms with Gasteiger partial charge in [-0.25, -0.2) is 0 Å². The van der Waals surface area contributed by atoms with Crippen LogP contribution in [-0.2, 0) is 25.0 Å². The van der Waals surface area contributed by atoms with Crippen molar-refractivity contribution in [3.05, 3.63) is 58.0 Å². The fourth-order valence-corrected chi connectivity index (χ4v) is 3.88. The molecule has 1 fully saturated rings. The number of pyridine rings is 2. The summed E-state index contributed by atoms with van der Waals surface area (Å²) in [6.07, 6.45) is -2.88. The Labute approximate surface area is 193 Å². The predicted molar refractivity (Wildman–Crippen MR) is 119 cm³/mol. The zero-order valence-electron chi connectivity index (χ0n) is 18.9. The molecule has 0 amide bonds. The van der Waals surface area contributed by atoms with Crippen molar-refractivity contribution in [2.75, 3.05) is 36.5 Å². The number of ether oxygens (including phenoxy) is 1. The topological polar surface area (TPSA) is 97.4 Å². The van der Waals surface area contributed by atoms with E-state index in [-0.39, 0.29) is 11.3 Å². The van der Waals surface area contributed by atoms with Crippen molar-refractivity contribution >= 4 is 11.4 Å². The quantitative estimate of drug-likeness (QED) is 0.544. The van der Waals surface area contributed by atoms with Gasteiger partial charge in [0, 0.05) is 50.2 Å². The summed E-state index contributed by atoms with van der Waals surface area (Å²) in [5, 5.41) is 16.7. The molecule has 34 heavy (non-hydrogen) atoms. The number of hydrogen-bond donors (Lipinski definition) is 2. The molecule has 0 spiro atoms. The van der Waals surface area contributed by atoms with Crippen LogP contribution in [-0.4, -0.2) is 50.7 Å². The smallest absolute Gasteiger partial charge is 0.378 e. The average molecular weight is 478 g/mol. The first kappa shape index (κ1) is 23.8. The van der Waals surface area contributed by atoms with Crippen molar-refractivity contribution in [3.8, 4) is 11.1 Å². The third-order valence-corrected chi connectivity index (χ3v) is 5.70. The number of aromatic nitrogens is 4. The highest BCUT2D eigenvalue weighted by atomic mass is 19.4. The van der Waals surface area contributed by atoms with E-state index in [1.165, 1.54) is 17.8 Å². The molecule has 3 aromatic rings. The fourth-order valence-electron chi connectivity index (χ4n) is 3.88. The lowest BCUT2D eigenvalue weighted by atomic mass is 10.0. The number of morpholine rings is 1.